The Morgan fingerprint density at radius 3 is 2.79 bits per heavy atom. The Morgan fingerprint density at radius 2 is 2.16 bits per heavy atom. The number of hydrogen-bond donors (Lipinski definition) is 1. The highest BCUT2D eigenvalue weighted by molar-refractivity contribution is 5.38. The fraction of sp³-hybridized carbons (Fsp3) is 0.500. The smallest absolute Gasteiger partial charge is 0.241 e. The quantitative estimate of drug-likeness (QED) is 0.877. The Balaban J connectivity index is 1.93. The van der Waals surface area contributed by atoms with E-state index in [1.807, 2.05) is 7.05 Å². The summed E-state index contributed by atoms with van der Waals surface area (Å²) in [6.45, 7) is 2.19. The molecule has 7 nitrogen and oxygen atoms in total. The minimum absolute atomic E-state index is 0.226. The largest absolute Gasteiger partial charge is 0.368 e. The molecule has 7 heteroatoms. The second-order valence-electron chi connectivity index (χ2n) is 4.95. The van der Waals surface area contributed by atoms with Crippen molar-refractivity contribution in [2.24, 2.45) is 5.92 Å². The molecule has 100 valence electrons. The van der Waals surface area contributed by atoms with Crippen LogP contribution in [0.25, 0.3) is 5.95 Å². The molecule has 0 spiro atoms. The van der Waals surface area contributed by atoms with Crippen LogP contribution < -0.4 is 10.6 Å². The van der Waals surface area contributed by atoms with Gasteiger partial charge in [-0.1, -0.05) is 0 Å². The van der Waals surface area contributed by atoms with Crippen LogP contribution in [0.3, 0.4) is 0 Å². The zero-order valence-electron chi connectivity index (χ0n) is 11.1. The lowest BCUT2D eigenvalue weighted by Crippen LogP contribution is -2.32. The van der Waals surface area contributed by atoms with E-state index in [9.17, 15) is 0 Å². The van der Waals surface area contributed by atoms with Crippen molar-refractivity contribution < 1.29 is 0 Å². The predicted molar refractivity (Wildman–Crippen MR) is 72.0 cm³/mol. The first-order valence-electron chi connectivity index (χ1n) is 6.38. The first kappa shape index (κ1) is 11.9. The molecule has 1 fully saturated rings. The van der Waals surface area contributed by atoms with Crippen molar-refractivity contribution in [1.29, 1.82) is 0 Å². The Morgan fingerprint density at radius 1 is 1.37 bits per heavy atom. The van der Waals surface area contributed by atoms with Gasteiger partial charge in [-0.2, -0.15) is 15.0 Å². The minimum Gasteiger partial charge on any atom is -0.368 e. The van der Waals surface area contributed by atoms with Crippen LogP contribution in [0.5, 0.6) is 0 Å². The third-order valence-electron chi connectivity index (χ3n) is 3.60. The van der Waals surface area contributed by atoms with E-state index in [0.29, 0.717) is 17.9 Å². The molecule has 19 heavy (non-hydrogen) atoms. The number of aromatic nitrogens is 5. The molecule has 0 radical (unpaired) electrons. The summed E-state index contributed by atoms with van der Waals surface area (Å²) < 4.78 is 1.72. The first-order chi connectivity index (χ1) is 9.15. The molecule has 3 rings (SSSR count). The van der Waals surface area contributed by atoms with Crippen molar-refractivity contribution in [3.05, 3.63) is 18.7 Å². The van der Waals surface area contributed by atoms with E-state index in [0.717, 1.165) is 5.92 Å². The maximum Gasteiger partial charge on any atom is 0.241 e. The van der Waals surface area contributed by atoms with Gasteiger partial charge < -0.3 is 10.6 Å². The lowest BCUT2D eigenvalue weighted by atomic mass is 10.2. The van der Waals surface area contributed by atoms with Gasteiger partial charge in [0.05, 0.1) is 0 Å². The first-order valence-corrected chi connectivity index (χ1v) is 6.38. The molecule has 0 aliphatic heterocycles. The molecule has 1 atom stereocenters. The fourth-order valence-corrected chi connectivity index (χ4v) is 2.10. The summed E-state index contributed by atoms with van der Waals surface area (Å²) >= 11 is 0. The monoisotopic (exact) mass is 259 g/mol. The second-order valence-corrected chi connectivity index (χ2v) is 4.95. The Hall–Kier alpha value is -2.18. The molecular formula is C12H17N7. The normalized spacial score (nSPS) is 16.3. The van der Waals surface area contributed by atoms with E-state index in [2.05, 4.69) is 31.8 Å². The van der Waals surface area contributed by atoms with Crippen molar-refractivity contribution in [3.8, 4) is 5.95 Å². The van der Waals surface area contributed by atoms with Crippen molar-refractivity contribution in [1.82, 2.24) is 24.5 Å². The highest BCUT2D eigenvalue weighted by atomic mass is 15.3. The van der Waals surface area contributed by atoms with Gasteiger partial charge in [0.15, 0.2) is 0 Å². The molecule has 0 aromatic carbocycles. The molecule has 2 N–H and O–H groups in total. The summed E-state index contributed by atoms with van der Waals surface area (Å²) in [4.78, 5) is 18.9. The number of nitrogens with two attached hydrogens (primary N) is 1. The molecule has 1 saturated carbocycles. The average Bonchev–Trinajstić information content (AvgIpc) is 3.11. The van der Waals surface area contributed by atoms with E-state index >= 15 is 0 Å². The number of nitrogen functional groups attached to an aromatic ring is 1. The summed E-state index contributed by atoms with van der Waals surface area (Å²) in [5, 5.41) is 0. The molecule has 0 amide bonds. The van der Waals surface area contributed by atoms with Gasteiger partial charge in [-0.3, -0.25) is 4.57 Å². The third-order valence-corrected chi connectivity index (χ3v) is 3.60. The summed E-state index contributed by atoms with van der Waals surface area (Å²) in [5.41, 5.74) is 5.77. The van der Waals surface area contributed by atoms with Gasteiger partial charge in [-0.05, 0) is 25.7 Å². The summed E-state index contributed by atoms with van der Waals surface area (Å²) in [6, 6.07) is 0.414. The predicted octanol–water partition coefficient (Wildman–Crippen LogP) is 0.874. The molecule has 2 aromatic rings. The van der Waals surface area contributed by atoms with Crippen LogP contribution in [-0.2, 0) is 0 Å². The summed E-state index contributed by atoms with van der Waals surface area (Å²) in [7, 11) is 2.00. The SMILES string of the molecule is CC(C1CC1)N(C)c1nc(N)nc(-n2ccnc2)n1. The van der Waals surface area contributed by atoms with E-state index in [1.165, 1.54) is 12.8 Å². The Labute approximate surface area is 111 Å². The van der Waals surface area contributed by atoms with Crippen LogP contribution in [-0.4, -0.2) is 37.6 Å². The molecule has 1 unspecified atom stereocenters. The van der Waals surface area contributed by atoms with Gasteiger partial charge in [0.1, 0.15) is 6.33 Å². The van der Waals surface area contributed by atoms with Crippen molar-refractivity contribution in [2.45, 2.75) is 25.8 Å². The Kier molecular flexibility index (Phi) is 2.81. The average molecular weight is 259 g/mol. The second kappa shape index (κ2) is 4.49. The summed E-state index contributed by atoms with van der Waals surface area (Å²) in [6.07, 6.45) is 7.66. The molecule has 2 aromatic heterocycles. The third kappa shape index (κ3) is 2.35. The number of rotatable bonds is 4. The fourth-order valence-electron chi connectivity index (χ4n) is 2.10. The molecule has 2 heterocycles. The van der Waals surface area contributed by atoms with Gasteiger partial charge in [0.2, 0.25) is 17.8 Å². The molecule has 1 aliphatic carbocycles. The van der Waals surface area contributed by atoms with Crippen molar-refractivity contribution >= 4 is 11.9 Å². The van der Waals surface area contributed by atoms with E-state index in [1.54, 1.807) is 23.3 Å². The zero-order chi connectivity index (χ0) is 13.4. The highest BCUT2D eigenvalue weighted by Gasteiger charge is 2.31. The van der Waals surface area contributed by atoms with Crippen LogP contribution in [0.15, 0.2) is 18.7 Å². The standard InChI is InChI=1S/C12H17N7/c1-8(9-3-4-9)18(2)11-15-10(13)16-12(17-11)19-6-5-14-7-19/h5-9H,3-4H2,1-2H3,(H2,13,15,16,17). The lowest BCUT2D eigenvalue weighted by Gasteiger charge is -2.24. The van der Waals surface area contributed by atoms with E-state index in [4.69, 9.17) is 5.73 Å². The number of anilines is 2. The van der Waals surface area contributed by atoms with Gasteiger partial charge in [-0.15, -0.1) is 0 Å². The van der Waals surface area contributed by atoms with Crippen LogP contribution in [0.2, 0.25) is 0 Å². The van der Waals surface area contributed by atoms with Crippen LogP contribution in [0.1, 0.15) is 19.8 Å². The number of nitrogens with zero attached hydrogens (tertiary/aromatic N) is 6. The maximum atomic E-state index is 5.77. The van der Waals surface area contributed by atoms with Gasteiger partial charge in [0, 0.05) is 25.5 Å². The summed E-state index contributed by atoms with van der Waals surface area (Å²) in [5.74, 6) is 2.06. The van der Waals surface area contributed by atoms with E-state index < -0.39 is 0 Å². The van der Waals surface area contributed by atoms with Crippen molar-refractivity contribution in [2.75, 3.05) is 17.7 Å². The van der Waals surface area contributed by atoms with Crippen LogP contribution in [0, 0.1) is 5.92 Å². The maximum absolute atomic E-state index is 5.77. The van der Waals surface area contributed by atoms with Gasteiger partial charge in [0.25, 0.3) is 0 Å². The van der Waals surface area contributed by atoms with Gasteiger partial charge in [-0.25, -0.2) is 4.98 Å². The number of imidazole rings is 1. The van der Waals surface area contributed by atoms with Crippen LogP contribution in [0.4, 0.5) is 11.9 Å². The Bertz CT molecular complexity index is 561. The van der Waals surface area contributed by atoms with E-state index in [-0.39, 0.29) is 5.95 Å². The molecule has 0 saturated heterocycles. The zero-order valence-corrected chi connectivity index (χ0v) is 11.1. The molecular weight excluding hydrogens is 242 g/mol. The number of hydrogen-bond acceptors (Lipinski definition) is 6. The molecule has 0 bridgehead atoms. The topological polar surface area (TPSA) is 85.8 Å². The van der Waals surface area contributed by atoms with Gasteiger partial charge >= 0.3 is 0 Å². The molecule has 1 aliphatic rings. The lowest BCUT2D eigenvalue weighted by molar-refractivity contribution is 0.596. The van der Waals surface area contributed by atoms with Crippen LogP contribution >= 0.6 is 0 Å². The minimum atomic E-state index is 0.226. The highest BCUT2D eigenvalue weighted by Crippen LogP contribution is 2.35. The van der Waals surface area contributed by atoms with Crippen molar-refractivity contribution in [3.63, 3.8) is 0 Å².